The predicted octanol–water partition coefficient (Wildman–Crippen LogP) is 1.41. The number of primary amides is 1. The van der Waals surface area contributed by atoms with Gasteiger partial charge in [0.25, 0.3) is 0 Å². The van der Waals surface area contributed by atoms with Gasteiger partial charge in [-0.25, -0.2) is 4.98 Å². The first-order valence-corrected chi connectivity index (χ1v) is 6.13. The minimum atomic E-state index is -0.276. The van der Waals surface area contributed by atoms with Crippen LogP contribution in [0.5, 0.6) is 0 Å². The van der Waals surface area contributed by atoms with Crippen molar-refractivity contribution < 1.29 is 4.79 Å². The van der Waals surface area contributed by atoms with Crippen LogP contribution in [-0.4, -0.2) is 16.9 Å². The quantitative estimate of drug-likeness (QED) is 0.840. The van der Waals surface area contributed by atoms with Gasteiger partial charge in [0.2, 0.25) is 5.91 Å². The van der Waals surface area contributed by atoms with Crippen LogP contribution in [0.3, 0.4) is 0 Å². The molecule has 0 radical (unpaired) electrons. The van der Waals surface area contributed by atoms with Crippen molar-refractivity contribution in [3.63, 3.8) is 0 Å². The number of carbonyl (C=O) groups is 1. The number of nitrogens with zero attached hydrogens (tertiary/aromatic N) is 2. The fraction of sp³-hybridized carbons (Fsp3) is 0.462. The van der Waals surface area contributed by atoms with Crippen LogP contribution in [0.1, 0.15) is 31.2 Å². The van der Waals surface area contributed by atoms with E-state index >= 15 is 0 Å². The highest BCUT2D eigenvalue weighted by Crippen LogP contribution is 2.27. The van der Waals surface area contributed by atoms with Crippen LogP contribution in [0.2, 0.25) is 0 Å². The van der Waals surface area contributed by atoms with Crippen LogP contribution in [0.15, 0.2) is 18.3 Å². The van der Waals surface area contributed by atoms with E-state index in [1.165, 1.54) is 0 Å². The first-order chi connectivity index (χ1) is 8.72. The molecule has 2 rings (SSSR count). The summed E-state index contributed by atoms with van der Waals surface area (Å²) in [6.45, 7) is 0. The topological polar surface area (TPSA) is 91.8 Å². The molecule has 3 N–H and O–H groups in total. The van der Waals surface area contributed by atoms with Gasteiger partial charge in [0.05, 0.1) is 11.5 Å². The van der Waals surface area contributed by atoms with Crippen LogP contribution in [0.25, 0.3) is 0 Å². The van der Waals surface area contributed by atoms with Crippen LogP contribution in [0.4, 0.5) is 5.82 Å². The van der Waals surface area contributed by atoms with Gasteiger partial charge in [0.15, 0.2) is 0 Å². The molecule has 0 spiro atoms. The molecule has 1 amide bonds. The molecule has 18 heavy (non-hydrogen) atoms. The normalized spacial score (nSPS) is 23.1. The van der Waals surface area contributed by atoms with Crippen molar-refractivity contribution >= 4 is 11.7 Å². The number of amides is 1. The highest BCUT2D eigenvalue weighted by atomic mass is 16.1. The summed E-state index contributed by atoms with van der Waals surface area (Å²) < 4.78 is 0. The molecule has 0 aromatic carbocycles. The number of pyridine rings is 1. The fourth-order valence-corrected chi connectivity index (χ4v) is 2.43. The molecular formula is C13H16N4O. The zero-order valence-electron chi connectivity index (χ0n) is 10.1. The summed E-state index contributed by atoms with van der Waals surface area (Å²) in [6.07, 6.45) is 5.41. The average Bonchev–Trinajstić information content (AvgIpc) is 2.40. The number of aromatic nitrogens is 1. The number of rotatable bonds is 3. The van der Waals surface area contributed by atoms with E-state index in [1.54, 1.807) is 18.3 Å². The average molecular weight is 244 g/mol. The van der Waals surface area contributed by atoms with Crippen molar-refractivity contribution in [1.29, 1.82) is 5.26 Å². The van der Waals surface area contributed by atoms with Gasteiger partial charge >= 0.3 is 0 Å². The van der Waals surface area contributed by atoms with E-state index in [2.05, 4.69) is 16.4 Å². The zero-order valence-corrected chi connectivity index (χ0v) is 10.1. The Morgan fingerprint density at radius 3 is 3.00 bits per heavy atom. The van der Waals surface area contributed by atoms with E-state index < -0.39 is 0 Å². The summed E-state index contributed by atoms with van der Waals surface area (Å²) in [7, 11) is 0. The molecule has 5 heteroatoms. The van der Waals surface area contributed by atoms with Crippen LogP contribution >= 0.6 is 0 Å². The summed E-state index contributed by atoms with van der Waals surface area (Å²) in [5.41, 5.74) is 5.91. The molecule has 0 aliphatic heterocycles. The van der Waals surface area contributed by atoms with Gasteiger partial charge < -0.3 is 11.1 Å². The minimum Gasteiger partial charge on any atom is -0.369 e. The second-order valence-corrected chi connectivity index (χ2v) is 4.56. The maximum Gasteiger partial charge on any atom is 0.222 e. The zero-order chi connectivity index (χ0) is 13.0. The van der Waals surface area contributed by atoms with Crippen molar-refractivity contribution in [3.8, 4) is 6.07 Å². The van der Waals surface area contributed by atoms with Gasteiger partial charge in [0, 0.05) is 12.2 Å². The number of nitrogens with one attached hydrogen (secondary N) is 1. The van der Waals surface area contributed by atoms with Gasteiger partial charge in [-0.1, -0.05) is 12.8 Å². The molecule has 2 unspecified atom stereocenters. The monoisotopic (exact) mass is 244 g/mol. The SMILES string of the molecule is N#Cc1cccnc1NC1CCCCC1C(N)=O. The first kappa shape index (κ1) is 12.4. The lowest BCUT2D eigenvalue weighted by Crippen LogP contribution is -2.40. The number of hydrogen-bond acceptors (Lipinski definition) is 4. The van der Waals surface area contributed by atoms with Crippen LogP contribution < -0.4 is 11.1 Å². The maximum atomic E-state index is 11.4. The maximum absolute atomic E-state index is 11.4. The Morgan fingerprint density at radius 1 is 1.50 bits per heavy atom. The molecule has 1 fully saturated rings. The smallest absolute Gasteiger partial charge is 0.222 e. The summed E-state index contributed by atoms with van der Waals surface area (Å²) in [4.78, 5) is 15.6. The molecule has 0 bridgehead atoms. The van der Waals surface area contributed by atoms with Gasteiger partial charge in [-0.3, -0.25) is 4.79 Å². The lowest BCUT2D eigenvalue weighted by atomic mass is 9.84. The molecule has 1 aliphatic carbocycles. The largest absolute Gasteiger partial charge is 0.369 e. The number of hydrogen-bond donors (Lipinski definition) is 2. The molecule has 94 valence electrons. The van der Waals surface area contributed by atoms with Gasteiger partial charge in [-0.05, 0) is 25.0 Å². The number of carbonyl (C=O) groups excluding carboxylic acids is 1. The summed E-state index contributed by atoms with van der Waals surface area (Å²) in [5, 5.41) is 12.2. The molecule has 0 saturated heterocycles. The van der Waals surface area contributed by atoms with E-state index in [0.717, 1.165) is 25.7 Å². The lowest BCUT2D eigenvalue weighted by molar-refractivity contribution is -0.122. The molecule has 1 aromatic heterocycles. The predicted molar refractivity (Wildman–Crippen MR) is 67.5 cm³/mol. The Bertz CT molecular complexity index is 480. The summed E-state index contributed by atoms with van der Waals surface area (Å²) in [6, 6.07) is 5.50. The Balaban J connectivity index is 2.16. The van der Waals surface area contributed by atoms with Crippen LogP contribution in [0, 0.1) is 17.2 Å². The van der Waals surface area contributed by atoms with Gasteiger partial charge in [-0.2, -0.15) is 5.26 Å². The Hall–Kier alpha value is -2.09. The van der Waals surface area contributed by atoms with E-state index in [1.807, 2.05) is 0 Å². The van der Waals surface area contributed by atoms with Crippen molar-refractivity contribution in [2.24, 2.45) is 11.7 Å². The molecule has 5 nitrogen and oxygen atoms in total. The molecule has 1 heterocycles. The van der Waals surface area contributed by atoms with Crippen molar-refractivity contribution in [2.45, 2.75) is 31.7 Å². The summed E-state index contributed by atoms with van der Waals surface area (Å²) in [5.74, 6) is 0.0899. The number of nitrogens with two attached hydrogens (primary N) is 1. The Morgan fingerprint density at radius 2 is 2.28 bits per heavy atom. The highest BCUT2D eigenvalue weighted by Gasteiger charge is 2.29. The standard InChI is InChI=1S/C13H16N4O/c14-8-9-4-3-7-16-13(9)17-11-6-2-1-5-10(11)12(15)18/h3-4,7,10-11H,1-2,5-6H2,(H2,15,18)(H,16,17). The van der Waals surface area contributed by atoms with Gasteiger partial charge in [0.1, 0.15) is 11.9 Å². The fourth-order valence-electron chi connectivity index (χ4n) is 2.43. The van der Waals surface area contributed by atoms with Crippen molar-refractivity contribution in [1.82, 2.24) is 4.98 Å². The highest BCUT2D eigenvalue weighted by molar-refractivity contribution is 5.78. The van der Waals surface area contributed by atoms with E-state index in [9.17, 15) is 4.79 Å². The molecule has 1 aromatic rings. The minimum absolute atomic E-state index is 0.0155. The lowest BCUT2D eigenvalue weighted by Gasteiger charge is -2.30. The Kier molecular flexibility index (Phi) is 3.78. The van der Waals surface area contributed by atoms with Crippen LogP contribution in [-0.2, 0) is 4.79 Å². The van der Waals surface area contributed by atoms with E-state index in [-0.39, 0.29) is 17.9 Å². The third kappa shape index (κ3) is 2.59. The van der Waals surface area contributed by atoms with E-state index in [4.69, 9.17) is 11.0 Å². The second-order valence-electron chi connectivity index (χ2n) is 4.56. The molecule has 1 aliphatic rings. The van der Waals surface area contributed by atoms with Crippen molar-refractivity contribution in [3.05, 3.63) is 23.9 Å². The number of nitriles is 1. The molecule has 2 atom stereocenters. The van der Waals surface area contributed by atoms with Crippen molar-refractivity contribution in [2.75, 3.05) is 5.32 Å². The van der Waals surface area contributed by atoms with Gasteiger partial charge in [-0.15, -0.1) is 0 Å². The Labute approximate surface area is 106 Å². The third-order valence-corrected chi connectivity index (χ3v) is 3.38. The third-order valence-electron chi connectivity index (χ3n) is 3.38. The first-order valence-electron chi connectivity index (χ1n) is 6.13. The van der Waals surface area contributed by atoms with E-state index in [0.29, 0.717) is 11.4 Å². The molecule has 1 saturated carbocycles. The number of anilines is 1. The summed E-state index contributed by atoms with van der Waals surface area (Å²) >= 11 is 0. The second kappa shape index (κ2) is 5.50. The molecular weight excluding hydrogens is 228 g/mol.